The Morgan fingerprint density at radius 2 is 1.89 bits per heavy atom. The highest BCUT2D eigenvalue weighted by Crippen LogP contribution is 2.21. The van der Waals surface area contributed by atoms with Gasteiger partial charge < -0.3 is 10.1 Å². The second-order valence-electron chi connectivity index (χ2n) is 3.78. The summed E-state index contributed by atoms with van der Waals surface area (Å²) in [6.07, 6.45) is 1.57. The maximum Gasteiger partial charge on any atom is 0.129 e. The molecule has 4 heteroatoms. The number of benzene rings is 1. The quantitative estimate of drug-likeness (QED) is 0.877. The van der Waals surface area contributed by atoms with E-state index in [2.05, 4.69) is 15.3 Å². The van der Waals surface area contributed by atoms with Crippen molar-refractivity contribution in [2.45, 2.75) is 13.8 Å². The van der Waals surface area contributed by atoms with Gasteiger partial charge in [-0.3, -0.25) is 0 Å². The highest BCUT2D eigenvalue weighted by atomic mass is 16.5. The van der Waals surface area contributed by atoms with Crippen LogP contribution in [0, 0.1) is 0 Å². The number of aromatic nitrogens is 2. The Labute approximate surface area is 107 Å². The lowest BCUT2D eigenvalue weighted by Crippen LogP contribution is -1.99. The molecule has 0 amide bonds. The second-order valence-corrected chi connectivity index (χ2v) is 3.78. The van der Waals surface area contributed by atoms with Crippen molar-refractivity contribution < 1.29 is 4.74 Å². The normalized spacial score (nSPS) is 10.1. The Hall–Kier alpha value is -2.10. The lowest BCUT2D eigenvalue weighted by molar-refractivity contribution is 0.340. The van der Waals surface area contributed by atoms with Crippen molar-refractivity contribution in [3.05, 3.63) is 36.7 Å². The average Bonchev–Trinajstić information content (AvgIpc) is 2.41. The largest absolute Gasteiger partial charge is 0.494 e. The van der Waals surface area contributed by atoms with Gasteiger partial charge in [0, 0.05) is 18.2 Å². The van der Waals surface area contributed by atoms with Crippen molar-refractivity contribution in [3.8, 4) is 17.0 Å². The average molecular weight is 243 g/mol. The van der Waals surface area contributed by atoms with E-state index < -0.39 is 0 Å². The van der Waals surface area contributed by atoms with E-state index >= 15 is 0 Å². The molecular formula is C14H17N3O. The van der Waals surface area contributed by atoms with Crippen LogP contribution in [0.2, 0.25) is 0 Å². The number of hydrogen-bond donors (Lipinski definition) is 1. The summed E-state index contributed by atoms with van der Waals surface area (Å²) in [6, 6.07) is 9.85. The lowest BCUT2D eigenvalue weighted by atomic mass is 10.1. The maximum absolute atomic E-state index is 5.41. The summed E-state index contributed by atoms with van der Waals surface area (Å²) in [5.74, 6) is 1.72. The standard InChI is InChI=1S/C14H17N3O/c1-3-15-14-9-13(16-10-17-14)11-5-7-12(8-6-11)18-4-2/h5-10H,3-4H2,1-2H3,(H,15,16,17). The van der Waals surface area contributed by atoms with Gasteiger partial charge in [0.15, 0.2) is 0 Å². The molecule has 94 valence electrons. The smallest absolute Gasteiger partial charge is 0.129 e. The fourth-order valence-electron chi connectivity index (χ4n) is 1.68. The number of nitrogens with zero attached hydrogens (tertiary/aromatic N) is 2. The van der Waals surface area contributed by atoms with Crippen LogP contribution in [0.1, 0.15) is 13.8 Å². The predicted molar refractivity (Wildman–Crippen MR) is 72.8 cm³/mol. The number of anilines is 1. The van der Waals surface area contributed by atoms with Gasteiger partial charge in [-0.1, -0.05) is 0 Å². The van der Waals surface area contributed by atoms with Crippen LogP contribution in [0.4, 0.5) is 5.82 Å². The van der Waals surface area contributed by atoms with Gasteiger partial charge in [-0.15, -0.1) is 0 Å². The molecule has 0 atom stereocenters. The summed E-state index contributed by atoms with van der Waals surface area (Å²) in [5, 5.41) is 3.17. The van der Waals surface area contributed by atoms with Crippen LogP contribution in [0.5, 0.6) is 5.75 Å². The molecule has 1 N–H and O–H groups in total. The second kappa shape index (κ2) is 6.00. The third-order valence-corrected chi connectivity index (χ3v) is 2.49. The fourth-order valence-corrected chi connectivity index (χ4v) is 1.68. The zero-order valence-electron chi connectivity index (χ0n) is 10.7. The first kappa shape index (κ1) is 12.4. The van der Waals surface area contributed by atoms with E-state index in [4.69, 9.17) is 4.74 Å². The Bertz CT molecular complexity index is 497. The zero-order chi connectivity index (χ0) is 12.8. The van der Waals surface area contributed by atoms with E-state index in [1.807, 2.05) is 44.2 Å². The van der Waals surface area contributed by atoms with Crippen LogP contribution >= 0.6 is 0 Å². The Morgan fingerprint density at radius 3 is 2.56 bits per heavy atom. The molecule has 0 aliphatic carbocycles. The molecule has 0 saturated heterocycles. The van der Waals surface area contributed by atoms with Crippen molar-refractivity contribution in [1.29, 1.82) is 0 Å². The van der Waals surface area contributed by atoms with E-state index in [1.54, 1.807) is 6.33 Å². The first-order chi connectivity index (χ1) is 8.83. The highest BCUT2D eigenvalue weighted by Gasteiger charge is 2.02. The maximum atomic E-state index is 5.41. The van der Waals surface area contributed by atoms with E-state index in [0.717, 1.165) is 29.4 Å². The molecule has 0 aliphatic heterocycles. The van der Waals surface area contributed by atoms with Gasteiger partial charge in [-0.05, 0) is 38.1 Å². The van der Waals surface area contributed by atoms with Crippen molar-refractivity contribution >= 4 is 5.82 Å². The monoisotopic (exact) mass is 243 g/mol. The number of rotatable bonds is 5. The fraction of sp³-hybridized carbons (Fsp3) is 0.286. The molecule has 0 radical (unpaired) electrons. The van der Waals surface area contributed by atoms with Gasteiger partial charge in [-0.2, -0.15) is 0 Å². The summed E-state index contributed by atoms with van der Waals surface area (Å²) in [5.41, 5.74) is 1.96. The number of nitrogens with one attached hydrogen (secondary N) is 1. The molecular weight excluding hydrogens is 226 g/mol. The van der Waals surface area contributed by atoms with Crippen LogP contribution in [0.15, 0.2) is 36.7 Å². The van der Waals surface area contributed by atoms with E-state index in [9.17, 15) is 0 Å². The summed E-state index contributed by atoms with van der Waals surface area (Å²) in [4.78, 5) is 8.43. The van der Waals surface area contributed by atoms with Gasteiger partial charge >= 0.3 is 0 Å². The van der Waals surface area contributed by atoms with Gasteiger partial charge in [0.25, 0.3) is 0 Å². The lowest BCUT2D eigenvalue weighted by Gasteiger charge is -2.06. The predicted octanol–water partition coefficient (Wildman–Crippen LogP) is 2.97. The molecule has 4 nitrogen and oxygen atoms in total. The van der Waals surface area contributed by atoms with Crippen LogP contribution in [-0.4, -0.2) is 23.1 Å². The first-order valence-electron chi connectivity index (χ1n) is 6.12. The summed E-state index contributed by atoms with van der Waals surface area (Å²) in [6.45, 7) is 5.54. The van der Waals surface area contributed by atoms with Crippen LogP contribution in [0.25, 0.3) is 11.3 Å². The summed E-state index contributed by atoms with van der Waals surface area (Å²) in [7, 11) is 0. The van der Waals surface area contributed by atoms with Crippen molar-refractivity contribution in [3.63, 3.8) is 0 Å². The highest BCUT2D eigenvalue weighted by molar-refractivity contribution is 5.62. The zero-order valence-corrected chi connectivity index (χ0v) is 10.7. The molecule has 0 bridgehead atoms. The Morgan fingerprint density at radius 1 is 1.11 bits per heavy atom. The molecule has 2 rings (SSSR count). The molecule has 2 aromatic rings. The number of ether oxygens (including phenoxy) is 1. The molecule has 1 aromatic carbocycles. The summed E-state index contributed by atoms with van der Waals surface area (Å²) >= 11 is 0. The molecule has 18 heavy (non-hydrogen) atoms. The van der Waals surface area contributed by atoms with E-state index in [-0.39, 0.29) is 0 Å². The number of hydrogen-bond acceptors (Lipinski definition) is 4. The molecule has 1 heterocycles. The molecule has 0 spiro atoms. The first-order valence-corrected chi connectivity index (χ1v) is 6.12. The van der Waals surface area contributed by atoms with Crippen molar-refractivity contribution in [1.82, 2.24) is 9.97 Å². The van der Waals surface area contributed by atoms with E-state index in [1.165, 1.54) is 0 Å². The minimum absolute atomic E-state index is 0.678. The Kier molecular flexibility index (Phi) is 4.12. The molecule has 0 unspecified atom stereocenters. The molecule has 0 aliphatic rings. The minimum atomic E-state index is 0.678. The van der Waals surface area contributed by atoms with Crippen molar-refractivity contribution in [2.75, 3.05) is 18.5 Å². The van der Waals surface area contributed by atoms with Crippen LogP contribution < -0.4 is 10.1 Å². The van der Waals surface area contributed by atoms with Crippen LogP contribution in [0.3, 0.4) is 0 Å². The molecule has 1 aromatic heterocycles. The third kappa shape index (κ3) is 2.97. The molecule has 0 fully saturated rings. The van der Waals surface area contributed by atoms with Gasteiger partial charge in [0.1, 0.15) is 17.9 Å². The SMILES string of the molecule is CCNc1cc(-c2ccc(OCC)cc2)ncn1. The van der Waals surface area contributed by atoms with Gasteiger partial charge in [0.2, 0.25) is 0 Å². The topological polar surface area (TPSA) is 47.0 Å². The van der Waals surface area contributed by atoms with Crippen LogP contribution in [-0.2, 0) is 0 Å². The summed E-state index contributed by atoms with van der Waals surface area (Å²) < 4.78 is 5.41. The van der Waals surface area contributed by atoms with Gasteiger partial charge in [-0.25, -0.2) is 9.97 Å². The van der Waals surface area contributed by atoms with Crippen molar-refractivity contribution in [2.24, 2.45) is 0 Å². The third-order valence-electron chi connectivity index (χ3n) is 2.49. The van der Waals surface area contributed by atoms with Gasteiger partial charge in [0.05, 0.1) is 12.3 Å². The molecule has 0 saturated carbocycles. The van der Waals surface area contributed by atoms with E-state index in [0.29, 0.717) is 6.61 Å². The Balaban J connectivity index is 2.22. The minimum Gasteiger partial charge on any atom is -0.494 e.